The Morgan fingerprint density at radius 1 is 1.19 bits per heavy atom. The first-order chi connectivity index (χ1) is 7.59. The molecular weight excluding hydrogens is 222 g/mol. The molecule has 2 aliphatic rings. The van der Waals surface area contributed by atoms with Gasteiger partial charge >= 0.3 is 0 Å². The maximum absolute atomic E-state index is 11.4. The zero-order valence-electron chi connectivity index (χ0n) is 10.1. The average molecular weight is 245 g/mol. The molecule has 2 fully saturated rings. The van der Waals surface area contributed by atoms with Gasteiger partial charge in [-0.1, -0.05) is 19.3 Å². The van der Waals surface area contributed by atoms with Crippen molar-refractivity contribution in [3.8, 4) is 0 Å². The summed E-state index contributed by atoms with van der Waals surface area (Å²) in [6.07, 6.45) is 7.31. The van der Waals surface area contributed by atoms with Gasteiger partial charge in [-0.05, 0) is 38.1 Å². The van der Waals surface area contributed by atoms with Crippen molar-refractivity contribution >= 4 is 9.84 Å². The molecule has 1 aliphatic heterocycles. The number of rotatable bonds is 5. The maximum Gasteiger partial charge on any atom is 0.150 e. The van der Waals surface area contributed by atoms with Crippen molar-refractivity contribution in [3.05, 3.63) is 0 Å². The molecule has 0 aromatic heterocycles. The maximum atomic E-state index is 11.4. The largest absolute Gasteiger partial charge is 0.317 e. The van der Waals surface area contributed by atoms with E-state index < -0.39 is 9.84 Å². The minimum Gasteiger partial charge on any atom is -0.317 e. The molecule has 1 saturated heterocycles. The van der Waals surface area contributed by atoms with Gasteiger partial charge in [0.1, 0.15) is 0 Å². The van der Waals surface area contributed by atoms with Crippen LogP contribution in [-0.4, -0.2) is 33.0 Å². The summed E-state index contributed by atoms with van der Waals surface area (Å²) < 4.78 is 22.8. The monoisotopic (exact) mass is 245 g/mol. The summed E-state index contributed by atoms with van der Waals surface area (Å²) >= 11 is 0. The number of hydrogen-bond acceptors (Lipinski definition) is 3. The summed E-state index contributed by atoms with van der Waals surface area (Å²) in [5, 5.41) is 3.36. The molecule has 1 heterocycles. The van der Waals surface area contributed by atoms with Crippen molar-refractivity contribution in [2.75, 3.05) is 18.6 Å². The molecule has 0 amide bonds. The van der Waals surface area contributed by atoms with E-state index in [-0.39, 0.29) is 0 Å². The molecule has 2 rings (SSSR count). The Hall–Kier alpha value is -0.0900. The molecule has 0 aromatic rings. The van der Waals surface area contributed by atoms with Crippen LogP contribution in [0.3, 0.4) is 0 Å². The lowest BCUT2D eigenvalue weighted by atomic mass is 9.79. The molecule has 0 aromatic carbocycles. The number of sulfone groups is 1. The van der Waals surface area contributed by atoms with E-state index in [0.29, 0.717) is 23.5 Å². The molecule has 1 saturated carbocycles. The highest BCUT2D eigenvalue weighted by Crippen LogP contribution is 2.32. The molecule has 1 N–H and O–H groups in total. The normalized spacial score (nSPS) is 31.2. The fourth-order valence-corrected chi connectivity index (χ4v) is 4.80. The molecule has 0 spiro atoms. The molecule has 3 nitrogen and oxygen atoms in total. The van der Waals surface area contributed by atoms with Crippen LogP contribution >= 0.6 is 0 Å². The Kier molecular flexibility index (Phi) is 3.90. The second-order valence-electron chi connectivity index (χ2n) is 5.52. The van der Waals surface area contributed by atoms with Gasteiger partial charge in [-0.3, -0.25) is 0 Å². The molecular formula is C12H23NO2S. The highest BCUT2D eigenvalue weighted by Gasteiger charge is 2.30. The van der Waals surface area contributed by atoms with Gasteiger partial charge in [0.15, 0.2) is 9.84 Å². The SMILES string of the molecule is CNC(CC1CCC1)CC1CCS(=O)(=O)C1. The third-order valence-corrected chi connectivity index (χ3v) is 6.03. The summed E-state index contributed by atoms with van der Waals surface area (Å²) in [6.45, 7) is 0. The highest BCUT2D eigenvalue weighted by atomic mass is 32.2. The Morgan fingerprint density at radius 2 is 1.88 bits per heavy atom. The van der Waals surface area contributed by atoms with Gasteiger partial charge < -0.3 is 5.32 Å². The Morgan fingerprint density at radius 3 is 2.31 bits per heavy atom. The van der Waals surface area contributed by atoms with Gasteiger partial charge in [-0.15, -0.1) is 0 Å². The van der Waals surface area contributed by atoms with Crippen LogP contribution in [0.1, 0.15) is 38.5 Å². The molecule has 2 atom stereocenters. The first kappa shape index (κ1) is 12.4. The van der Waals surface area contributed by atoms with Crippen molar-refractivity contribution in [1.82, 2.24) is 5.32 Å². The predicted octanol–water partition coefficient (Wildman–Crippen LogP) is 1.59. The van der Waals surface area contributed by atoms with Crippen molar-refractivity contribution in [1.29, 1.82) is 0 Å². The fraction of sp³-hybridized carbons (Fsp3) is 1.00. The summed E-state index contributed by atoms with van der Waals surface area (Å²) in [5.41, 5.74) is 0. The second-order valence-corrected chi connectivity index (χ2v) is 7.75. The Balaban J connectivity index is 1.77. The van der Waals surface area contributed by atoms with Crippen molar-refractivity contribution in [3.63, 3.8) is 0 Å². The quantitative estimate of drug-likeness (QED) is 0.800. The summed E-state index contributed by atoms with van der Waals surface area (Å²) in [6, 6.07) is 0.531. The van der Waals surface area contributed by atoms with Crippen molar-refractivity contribution in [2.24, 2.45) is 11.8 Å². The van der Waals surface area contributed by atoms with E-state index in [9.17, 15) is 8.42 Å². The molecule has 4 heteroatoms. The zero-order chi connectivity index (χ0) is 11.6. The summed E-state index contributed by atoms with van der Waals surface area (Å²) in [7, 11) is -0.690. The van der Waals surface area contributed by atoms with E-state index >= 15 is 0 Å². The van der Waals surface area contributed by atoms with E-state index in [1.165, 1.54) is 25.7 Å². The Bertz CT molecular complexity index is 322. The minimum atomic E-state index is -2.70. The second kappa shape index (κ2) is 5.05. The molecule has 0 bridgehead atoms. The van der Waals surface area contributed by atoms with Gasteiger partial charge in [0.05, 0.1) is 11.5 Å². The van der Waals surface area contributed by atoms with Crippen LogP contribution in [0.4, 0.5) is 0 Å². The van der Waals surface area contributed by atoms with Crippen LogP contribution in [0.5, 0.6) is 0 Å². The third-order valence-electron chi connectivity index (χ3n) is 4.20. The smallest absolute Gasteiger partial charge is 0.150 e. The van der Waals surface area contributed by atoms with E-state index in [4.69, 9.17) is 0 Å². The lowest BCUT2D eigenvalue weighted by Crippen LogP contribution is -2.32. The molecule has 0 radical (unpaired) electrons. The van der Waals surface area contributed by atoms with Crippen LogP contribution in [-0.2, 0) is 9.84 Å². The highest BCUT2D eigenvalue weighted by molar-refractivity contribution is 7.91. The van der Waals surface area contributed by atoms with Crippen LogP contribution in [0.25, 0.3) is 0 Å². The van der Waals surface area contributed by atoms with E-state index in [1.54, 1.807) is 0 Å². The molecule has 2 unspecified atom stereocenters. The first-order valence-electron chi connectivity index (χ1n) is 6.47. The summed E-state index contributed by atoms with van der Waals surface area (Å²) in [5.74, 6) is 2.14. The lowest BCUT2D eigenvalue weighted by molar-refractivity contribution is 0.248. The number of hydrogen-bond donors (Lipinski definition) is 1. The van der Waals surface area contributed by atoms with Gasteiger partial charge in [0.2, 0.25) is 0 Å². The predicted molar refractivity (Wildman–Crippen MR) is 66.2 cm³/mol. The van der Waals surface area contributed by atoms with Gasteiger partial charge in [-0.2, -0.15) is 0 Å². The number of nitrogens with one attached hydrogen (secondary N) is 1. The van der Waals surface area contributed by atoms with Crippen LogP contribution in [0.2, 0.25) is 0 Å². The Labute approximate surface area is 98.9 Å². The van der Waals surface area contributed by atoms with Crippen LogP contribution in [0.15, 0.2) is 0 Å². The molecule has 94 valence electrons. The lowest BCUT2D eigenvalue weighted by Gasteiger charge is -2.30. The first-order valence-corrected chi connectivity index (χ1v) is 8.29. The van der Waals surface area contributed by atoms with E-state index in [1.807, 2.05) is 7.05 Å². The van der Waals surface area contributed by atoms with Crippen molar-refractivity contribution < 1.29 is 8.42 Å². The molecule has 16 heavy (non-hydrogen) atoms. The van der Waals surface area contributed by atoms with Crippen LogP contribution < -0.4 is 5.32 Å². The van der Waals surface area contributed by atoms with Gasteiger partial charge in [0.25, 0.3) is 0 Å². The minimum absolute atomic E-state index is 0.405. The zero-order valence-corrected chi connectivity index (χ0v) is 10.9. The summed E-state index contributed by atoms with van der Waals surface area (Å²) in [4.78, 5) is 0. The van der Waals surface area contributed by atoms with E-state index in [2.05, 4.69) is 5.32 Å². The topological polar surface area (TPSA) is 46.2 Å². The van der Waals surface area contributed by atoms with Crippen LogP contribution in [0, 0.1) is 11.8 Å². The standard InChI is InChI=1S/C12H23NO2S/c1-13-12(7-10-3-2-4-10)8-11-5-6-16(14,15)9-11/h10-13H,2-9H2,1H3. The average Bonchev–Trinajstić information content (AvgIpc) is 2.49. The van der Waals surface area contributed by atoms with Gasteiger partial charge in [0, 0.05) is 6.04 Å². The van der Waals surface area contributed by atoms with Gasteiger partial charge in [-0.25, -0.2) is 8.42 Å². The van der Waals surface area contributed by atoms with Crippen molar-refractivity contribution in [2.45, 2.75) is 44.6 Å². The van der Waals surface area contributed by atoms with E-state index in [0.717, 1.165) is 18.8 Å². The third kappa shape index (κ3) is 3.20. The molecule has 1 aliphatic carbocycles. The fourth-order valence-electron chi connectivity index (χ4n) is 2.92.